The molecule has 0 radical (unpaired) electrons. The van der Waals surface area contributed by atoms with E-state index in [1.807, 2.05) is 49.5 Å². The smallest absolute Gasteiger partial charge is 0.337 e. The first kappa shape index (κ1) is 27.2. The van der Waals surface area contributed by atoms with Crippen molar-refractivity contribution in [3.63, 3.8) is 0 Å². The van der Waals surface area contributed by atoms with E-state index in [0.717, 1.165) is 22.8 Å². The molecular formula is C28H31N3O6S. The summed E-state index contributed by atoms with van der Waals surface area (Å²) >= 11 is 0. The van der Waals surface area contributed by atoms with Crippen LogP contribution in [0.15, 0.2) is 72.9 Å². The number of sulfonamides is 1. The van der Waals surface area contributed by atoms with Crippen LogP contribution in [-0.4, -0.2) is 48.4 Å². The van der Waals surface area contributed by atoms with Crippen LogP contribution in [0.4, 0.5) is 5.69 Å². The average molecular weight is 538 g/mol. The SMILES string of the molecule is C[C@H](Cc1c[nH]c2c(C(=O)O)cccc12)NC[C@@H](O)c1ccc(OCc2ccccc2)c(NS(C)(=O)=O)c1. The zero-order valence-electron chi connectivity index (χ0n) is 21.1. The number of aromatic amines is 1. The van der Waals surface area contributed by atoms with Crippen LogP contribution in [-0.2, 0) is 23.1 Å². The lowest BCUT2D eigenvalue weighted by atomic mass is 10.0. The molecule has 5 N–H and O–H groups in total. The minimum absolute atomic E-state index is 0.0285. The molecule has 9 nitrogen and oxygen atoms in total. The molecule has 3 aromatic carbocycles. The fourth-order valence-corrected chi connectivity index (χ4v) is 4.85. The Labute approximate surface area is 221 Å². The first-order valence-electron chi connectivity index (χ1n) is 12.1. The number of aliphatic hydroxyl groups excluding tert-OH is 1. The Balaban J connectivity index is 1.42. The number of aliphatic hydroxyl groups is 1. The van der Waals surface area contributed by atoms with Gasteiger partial charge >= 0.3 is 5.97 Å². The lowest BCUT2D eigenvalue weighted by molar-refractivity contribution is 0.0698. The second-order valence-electron chi connectivity index (χ2n) is 9.28. The molecule has 4 aromatic rings. The van der Waals surface area contributed by atoms with Crippen LogP contribution in [0.1, 0.15) is 40.1 Å². The molecule has 0 fully saturated rings. The molecular weight excluding hydrogens is 506 g/mol. The van der Waals surface area contributed by atoms with Gasteiger partial charge in [0.05, 0.1) is 29.1 Å². The maximum absolute atomic E-state index is 11.9. The minimum atomic E-state index is -3.57. The molecule has 1 aromatic heterocycles. The Morgan fingerprint density at radius 1 is 1.08 bits per heavy atom. The van der Waals surface area contributed by atoms with Crippen molar-refractivity contribution in [3.8, 4) is 5.75 Å². The minimum Gasteiger partial charge on any atom is -0.487 e. The Morgan fingerprint density at radius 2 is 1.84 bits per heavy atom. The number of carbonyl (C=O) groups is 1. The van der Waals surface area contributed by atoms with Gasteiger partial charge in [0.15, 0.2) is 0 Å². The van der Waals surface area contributed by atoms with E-state index < -0.39 is 22.1 Å². The van der Waals surface area contributed by atoms with E-state index in [0.29, 0.717) is 23.3 Å². The maximum atomic E-state index is 11.9. The third-order valence-electron chi connectivity index (χ3n) is 6.14. The quantitative estimate of drug-likeness (QED) is 0.183. The molecule has 1 heterocycles. The molecule has 0 aliphatic carbocycles. The van der Waals surface area contributed by atoms with Gasteiger partial charge in [-0.25, -0.2) is 13.2 Å². The topological polar surface area (TPSA) is 141 Å². The summed E-state index contributed by atoms with van der Waals surface area (Å²) in [4.78, 5) is 14.5. The highest BCUT2D eigenvalue weighted by atomic mass is 32.2. The van der Waals surface area contributed by atoms with Crippen LogP contribution in [0.5, 0.6) is 5.75 Å². The van der Waals surface area contributed by atoms with Gasteiger partial charge < -0.3 is 25.3 Å². The molecule has 4 rings (SSSR count). The zero-order valence-corrected chi connectivity index (χ0v) is 22.0. The van der Waals surface area contributed by atoms with E-state index in [1.165, 1.54) is 0 Å². The molecule has 0 aliphatic heterocycles. The van der Waals surface area contributed by atoms with Gasteiger partial charge in [-0.2, -0.15) is 0 Å². The lowest BCUT2D eigenvalue weighted by Crippen LogP contribution is -2.32. The fourth-order valence-electron chi connectivity index (χ4n) is 4.29. The number of aromatic carboxylic acids is 1. The second kappa shape index (κ2) is 11.7. The van der Waals surface area contributed by atoms with E-state index in [1.54, 1.807) is 30.3 Å². The first-order chi connectivity index (χ1) is 18.1. The number of benzene rings is 3. The van der Waals surface area contributed by atoms with Gasteiger partial charge in [-0.3, -0.25) is 4.72 Å². The highest BCUT2D eigenvalue weighted by Gasteiger charge is 2.17. The number of anilines is 1. The Hall–Kier alpha value is -3.86. The summed E-state index contributed by atoms with van der Waals surface area (Å²) in [5, 5.41) is 24.4. The van der Waals surface area contributed by atoms with Gasteiger partial charge in [0, 0.05) is 24.2 Å². The number of fused-ring (bicyclic) bond motifs is 1. The van der Waals surface area contributed by atoms with E-state index in [2.05, 4.69) is 15.0 Å². The van der Waals surface area contributed by atoms with Crippen LogP contribution in [0.2, 0.25) is 0 Å². The van der Waals surface area contributed by atoms with Crippen LogP contribution in [0.3, 0.4) is 0 Å². The highest BCUT2D eigenvalue weighted by molar-refractivity contribution is 7.92. The number of carboxylic acids is 1. The third kappa shape index (κ3) is 6.91. The molecule has 200 valence electrons. The maximum Gasteiger partial charge on any atom is 0.337 e. The van der Waals surface area contributed by atoms with Crippen LogP contribution in [0, 0.1) is 0 Å². The third-order valence-corrected chi connectivity index (χ3v) is 6.73. The van der Waals surface area contributed by atoms with Crippen LogP contribution in [0.25, 0.3) is 10.9 Å². The van der Waals surface area contributed by atoms with Crippen molar-refractivity contribution in [2.75, 3.05) is 17.5 Å². The summed E-state index contributed by atoms with van der Waals surface area (Å²) in [6.45, 7) is 2.47. The van der Waals surface area contributed by atoms with Crippen molar-refractivity contribution >= 4 is 32.6 Å². The normalized spacial score (nSPS) is 13.2. The number of H-pyrrole nitrogens is 1. The molecule has 0 bridgehead atoms. The first-order valence-corrected chi connectivity index (χ1v) is 14.0. The molecule has 0 spiro atoms. The fraction of sp³-hybridized carbons (Fsp3) is 0.250. The second-order valence-corrected chi connectivity index (χ2v) is 11.0. The predicted octanol–water partition coefficient (Wildman–Crippen LogP) is 4.07. The Morgan fingerprint density at radius 3 is 2.55 bits per heavy atom. The largest absolute Gasteiger partial charge is 0.487 e. The van der Waals surface area contributed by atoms with Crippen LogP contribution < -0.4 is 14.8 Å². The van der Waals surface area contributed by atoms with E-state index in [-0.39, 0.29) is 30.4 Å². The molecule has 38 heavy (non-hydrogen) atoms. The summed E-state index contributed by atoms with van der Waals surface area (Å²) < 4.78 is 32.2. The standard InChI is InChI=1S/C28H31N3O6S/c1-18(13-21-15-30-27-22(21)9-6-10-23(27)28(33)34)29-16-25(32)20-11-12-26(24(14-20)31-38(2,35)36)37-17-19-7-4-3-5-8-19/h3-12,14-15,18,25,29-32H,13,16-17H2,1-2H3,(H,33,34)/t18-,25-/m1/s1. The number of rotatable bonds is 12. The average Bonchev–Trinajstić information content (AvgIpc) is 3.28. The zero-order chi connectivity index (χ0) is 27.3. The van der Waals surface area contributed by atoms with E-state index >= 15 is 0 Å². The summed E-state index contributed by atoms with van der Waals surface area (Å²) in [7, 11) is -3.57. The van der Waals surface area contributed by atoms with Crippen molar-refractivity contribution in [3.05, 3.63) is 95.2 Å². The number of hydrogen-bond acceptors (Lipinski definition) is 6. The summed E-state index contributed by atoms with van der Waals surface area (Å²) in [6, 6.07) is 19.6. The van der Waals surface area contributed by atoms with Gasteiger partial charge in [-0.15, -0.1) is 0 Å². The summed E-state index contributed by atoms with van der Waals surface area (Å²) in [5.74, 6) is -0.629. The predicted molar refractivity (Wildman–Crippen MR) is 147 cm³/mol. The number of nitrogens with one attached hydrogen (secondary N) is 3. The molecule has 0 saturated heterocycles. The number of carboxylic acid groups (broad SMARTS) is 1. The molecule has 10 heteroatoms. The molecule has 0 aliphatic rings. The molecule has 0 amide bonds. The van der Waals surface area contributed by atoms with Crippen molar-refractivity contribution in [2.45, 2.75) is 32.1 Å². The van der Waals surface area contributed by atoms with E-state index in [4.69, 9.17) is 4.74 Å². The summed E-state index contributed by atoms with van der Waals surface area (Å²) in [5.41, 5.74) is 3.50. The van der Waals surface area contributed by atoms with E-state index in [9.17, 15) is 23.4 Å². The van der Waals surface area contributed by atoms with Crippen LogP contribution >= 0.6 is 0 Å². The number of aromatic nitrogens is 1. The van der Waals surface area contributed by atoms with Crippen molar-refractivity contribution in [2.24, 2.45) is 0 Å². The Bertz CT molecular complexity index is 1520. The molecule has 2 atom stereocenters. The Kier molecular flexibility index (Phi) is 8.35. The van der Waals surface area contributed by atoms with Crippen molar-refractivity contribution < 1.29 is 28.2 Å². The highest BCUT2D eigenvalue weighted by Crippen LogP contribution is 2.30. The monoisotopic (exact) mass is 537 g/mol. The van der Waals surface area contributed by atoms with Gasteiger partial charge in [0.1, 0.15) is 12.4 Å². The number of ether oxygens (including phenoxy) is 1. The number of para-hydroxylation sites is 1. The lowest BCUT2D eigenvalue weighted by Gasteiger charge is -2.19. The van der Waals surface area contributed by atoms with Gasteiger partial charge in [-0.05, 0) is 48.2 Å². The number of hydrogen-bond donors (Lipinski definition) is 5. The van der Waals surface area contributed by atoms with Gasteiger partial charge in [0.25, 0.3) is 0 Å². The van der Waals surface area contributed by atoms with Gasteiger partial charge in [-0.1, -0.05) is 48.5 Å². The van der Waals surface area contributed by atoms with Crippen molar-refractivity contribution in [1.82, 2.24) is 10.3 Å². The molecule has 0 unspecified atom stereocenters. The van der Waals surface area contributed by atoms with Crippen molar-refractivity contribution in [1.29, 1.82) is 0 Å². The summed E-state index contributed by atoms with van der Waals surface area (Å²) in [6.07, 6.45) is 2.58. The molecule has 0 saturated carbocycles. The van der Waals surface area contributed by atoms with Gasteiger partial charge in [0.2, 0.25) is 10.0 Å².